The summed E-state index contributed by atoms with van der Waals surface area (Å²) in [5.74, 6) is 1.13. The van der Waals surface area contributed by atoms with Gasteiger partial charge >= 0.3 is 0 Å². The first-order valence-electron chi connectivity index (χ1n) is 6.81. The van der Waals surface area contributed by atoms with Gasteiger partial charge in [-0.1, -0.05) is 36.4 Å². The van der Waals surface area contributed by atoms with Gasteiger partial charge in [-0.3, -0.25) is 4.79 Å². The van der Waals surface area contributed by atoms with Crippen molar-refractivity contribution in [2.75, 3.05) is 12.3 Å². The Balaban J connectivity index is 1.97. The molecule has 0 unspecified atom stereocenters. The molecule has 0 spiro atoms. The molecule has 0 N–H and O–H groups in total. The minimum Gasteiger partial charge on any atom is -0.338 e. The van der Waals surface area contributed by atoms with Crippen LogP contribution >= 0.6 is 11.8 Å². The first kappa shape index (κ1) is 13.3. The second-order valence-electron chi connectivity index (χ2n) is 4.98. The highest BCUT2D eigenvalue weighted by molar-refractivity contribution is 7.99. The number of hydrogen-bond acceptors (Lipinski definition) is 2. The molecular weight excluding hydrogens is 266 g/mol. The molecule has 3 rings (SSSR count). The highest BCUT2D eigenvalue weighted by Crippen LogP contribution is 2.31. The second-order valence-corrected chi connectivity index (χ2v) is 6.11. The molecule has 102 valence electrons. The van der Waals surface area contributed by atoms with Gasteiger partial charge in [-0.2, -0.15) is 0 Å². The van der Waals surface area contributed by atoms with Crippen LogP contribution in [0.2, 0.25) is 0 Å². The van der Waals surface area contributed by atoms with Gasteiger partial charge in [0.25, 0.3) is 0 Å². The van der Waals surface area contributed by atoms with Gasteiger partial charge in [-0.15, -0.1) is 11.8 Å². The average Bonchev–Trinajstić information content (AvgIpc) is 2.69. The van der Waals surface area contributed by atoms with Crippen molar-refractivity contribution >= 4 is 17.7 Å². The lowest BCUT2D eigenvalue weighted by Gasteiger charge is -2.18. The Kier molecular flexibility index (Phi) is 3.79. The van der Waals surface area contributed by atoms with E-state index < -0.39 is 0 Å². The summed E-state index contributed by atoms with van der Waals surface area (Å²) in [5, 5.41) is 0. The molecule has 0 atom stereocenters. The zero-order valence-corrected chi connectivity index (χ0v) is 12.3. The van der Waals surface area contributed by atoms with Crippen LogP contribution in [0.4, 0.5) is 0 Å². The first-order valence-corrected chi connectivity index (χ1v) is 7.79. The van der Waals surface area contributed by atoms with Gasteiger partial charge < -0.3 is 4.90 Å². The smallest absolute Gasteiger partial charge is 0.219 e. The number of rotatable bonds is 1. The zero-order chi connectivity index (χ0) is 13.9. The molecule has 1 aliphatic heterocycles. The lowest BCUT2D eigenvalue weighted by Crippen LogP contribution is -2.29. The largest absolute Gasteiger partial charge is 0.338 e. The van der Waals surface area contributed by atoms with E-state index in [0.717, 1.165) is 18.8 Å². The third-order valence-electron chi connectivity index (χ3n) is 3.59. The topological polar surface area (TPSA) is 20.3 Å². The SMILES string of the molecule is CC(=O)N1CCSc2ccc(-c3ccccc3)cc2C1. The molecule has 1 aliphatic rings. The molecule has 2 nitrogen and oxygen atoms in total. The third kappa shape index (κ3) is 2.73. The van der Waals surface area contributed by atoms with E-state index in [0.29, 0.717) is 0 Å². The summed E-state index contributed by atoms with van der Waals surface area (Å²) in [7, 11) is 0. The van der Waals surface area contributed by atoms with Crippen molar-refractivity contribution in [2.45, 2.75) is 18.4 Å². The van der Waals surface area contributed by atoms with E-state index in [1.54, 1.807) is 6.92 Å². The van der Waals surface area contributed by atoms with E-state index in [2.05, 4.69) is 42.5 Å². The van der Waals surface area contributed by atoms with Gasteiger partial charge in [0.15, 0.2) is 0 Å². The summed E-state index contributed by atoms with van der Waals surface area (Å²) in [6.07, 6.45) is 0. The van der Waals surface area contributed by atoms with Crippen molar-refractivity contribution in [2.24, 2.45) is 0 Å². The van der Waals surface area contributed by atoms with Crippen molar-refractivity contribution in [1.29, 1.82) is 0 Å². The summed E-state index contributed by atoms with van der Waals surface area (Å²) in [5.41, 5.74) is 3.69. The second kappa shape index (κ2) is 5.71. The van der Waals surface area contributed by atoms with Crippen LogP contribution in [0.5, 0.6) is 0 Å². The Bertz CT molecular complexity index is 624. The van der Waals surface area contributed by atoms with E-state index in [1.807, 2.05) is 22.7 Å². The minimum absolute atomic E-state index is 0.156. The maximum absolute atomic E-state index is 11.6. The van der Waals surface area contributed by atoms with Crippen LogP contribution in [0.25, 0.3) is 11.1 Å². The molecule has 0 fully saturated rings. The number of benzene rings is 2. The van der Waals surface area contributed by atoms with E-state index >= 15 is 0 Å². The molecule has 0 bridgehead atoms. The molecule has 2 aromatic rings. The molecule has 0 saturated heterocycles. The number of nitrogens with zero attached hydrogens (tertiary/aromatic N) is 1. The summed E-state index contributed by atoms with van der Waals surface area (Å²) in [6.45, 7) is 3.20. The lowest BCUT2D eigenvalue weighted by molar-refractivity contribution is -0.129. The molecule has 0 aliphatic carbocycles. The number of thioether (sulfide) groups is 1. The van der Waals surface area contributed by atoms with Crippen LogP contribution < -0.4 is 0 Å². The first-order chi connectivity index (χ1) is 9.74. The number of hydrogen-bond donors (Lipinski definition) is 0. The molecule has 0 saturated carbocycles. The number of fused-ring (bicyclic) bond motifs is 1. The molecule has 0 radical (unpaired) electrons. The number of carbonyl (C=O) groups excluding carboxylic acids is 1. The zero-order valence-electron chi connectivity index (χ0n) is 11.5. The highest BCUT2D eigenvalue weighted by atomic mass is 32.2. The van der Waals surface area contributed by atoms with Crippen LogP contribution in [0.1, 0.15) is 12.5 Å². The maximum atomic E-state index is 11.6. The van der Waals surface area contributed by atoms with E-state index in [-0.39, 0.29) is 5.91 Å². The fourth-order valence-electron chi connectivity index (χ4n) is 2.47. The standard InChI is InChI=1S/C17H17NOS/c1-13(19)18-9-10-20-17-8-7-15(11-16(17)12-18)14-5-3-2-4-6-14/h2-8,11H,9-10,12H2,1H3. The predicted octanol–water partition coefficient (Wildman–Crippen LogP) is 3.81. The van der Waals surface area contributed by atoms with Crippen molar-refractivity contribution in [3.63, 3.8) is 0 Å². The minimum atomic E-state index is 0.156. The highest BCUT2D eigenvalue weighted by Gasteiger charge is 2.17. The fraction of sp³-hybridized carbons (Fsp3) is 0.235. The summed E-state index contributed by atoms with van der Waals surface area (Å²) in [6, 6.07) is 17.0. The summed E-state index contributed by atoms with van der Waals surface area (Å²) < 4.78 is 0. The van der Waals surface area contributed by atoms with Gasteiger partial charge in [-0.25, -0.2) is 0 Å². The van der Waals surface area contributed by atoms with Crippen LogP contribution in [0.15, 0.2) is 53.4 Å². The summed E-state index contributed by atoms with van der Waals surface area (Å²) in [4.78, 5) is 14.9. The Morgan fingerprint density at radius 1 is 1.10 bits per heavy atom. The van der Waals surface area contributed by atoms with Crippen molar-refractivity contribution in [1.82, 2.24) is 4.90 Å². The van der Waals surface area contributed by atoms with Crippen LogP contribution in [0.3, 0.4) is 0 Å². The van der Waals surface area contributed by atoms with Crippen LogP contribution in [-0.4, -0.2) is 23.1 Å². The van der Waals surface area contributed by atoms with Crippen LogP contribution in [-0.2, 0) is 11.3 Å². The Labute approximate surface area is 123 Å². The summed E-state index contributed by atoms with van der Waals surface area (Å²) >= 11 is 1.84. The molecule has 0 aromatic heterocycles. The van der Waals surface area contributed by atoms with E-state index in [4.69, 9.17) is 0 Å². The van der Waals surface area contributed by atoms with Gasteiger partial charge in [0.05, 0.1) is 0 Å². The molecule has 20 heavy (non-hydrogen) atoms. The molecular formula is C17H17NOS. The number of amides is 1. The molecule has 3 heteroatoms. The number of carbonyl (C=O) groups is 1. The van der Waals surface area contributed by atoms with Gasteiger partial charge in [0, 0.05) is 30.7 Å². The Morgan fingerprint density at radius 2 is 1.90 bits per heavy atom. The Hall–Kier alpha value is -1.74. The predicted molar refractivity (Wildman–Crippen MR) is 83.7 cm³/mol. The van der Waals surface area contributed by atoms with Crippen molar-refractivity contribution in [3.8, 4) is 11.1 Å². The van der Waals surface area contributed by atoms with Crippen molar-refractivity contribution < 1.29 is 4.79 Å². The van der Waals surface area contributed by atoms with Crippen molar-refractivity contribution in [3.05, 3.63) is 54.1 Å². The van der Waals surface area contributed by atoms with E-state index in [9.17, 15) is 4.79 Å². The van der Waals surface area contributed by atoms with Gasteiger partial charge in [0.1, 0.15) is 0 Å². The normalized spacial score (nSPS) is 14.6. The van der Waals surface area contributed by atoms with Crippen LogP contribution in [0, 0.1) is 0 Å². The molecule has 1 amide bonds. The Morgan fingerprint density at radius 3 is 2.65 bits per heavy atom. The molecule has 1 heterocycles. The van der Waals surface area contributed by atoms with Gasteiger partial charge in [-0.05, 0) is 28.8 Å². The van der Waals surface area contributed by atoms with E-state index in [1.165, 1.54) is 21.6 Å². The monoisotopic (exact) mass is 283 g/mol. The third-order valence-corrected chi connectivity index (χ3v) is 4.69. The van der Waals surface area contributed by atoms with Gasteiger partial charge in [0.2, 0.25) is 5.91 Å². The quantitative estimate of drug-likeness (QED) is 0.793. The fourth-order valence-corrected chi connectivity index (χ4v) is 3.48. The molecule has 2 aromatic carbocycles. The average molecular weight is 283 g/mol. The maximum Gasteiger partial charge on any atom is 0.219 e. The lowest BCUT2D eigenvalue weighted by atomic mass is 10.0.